The van der Waals surface area contributed by atoms with E-state index in [1.54, 1.807) is 12.1 Å². The quantitative estimate of drug-likeness (QED) is 0.374. The lowest BCUT2D eigenvalue weighted by Crippen LogP contribution is -2.55. The summed E-state index contributed by atoms with van der Waals surface area (Å²) in [5.41, 5.74) is -4.32. The number of pyridine rings is 2. The number of alkyl halides is 3. The zero-order valence-corrected chi connectivity index (χ0v) is 20.1. The van der Waals surface area contributed by atoms with Crippen LogP contribution in [0.25, 0.3) is 0 Å². The van der Waals surface area contributed by atoms with E-state index in [0.29, 0.717) is 12.5 Å². The molecule has 2 aromatic heterocycles. The standard InChI is InChI=1S/C25H16F4N6O2S/c26-20-15(21(36)33-19-7-1-2-10-31-19)5-3-6-18(20)35-23(38)34(22(37)24(35)8-4-9-24)14-11-16(25(27,28)29)17(12-30)32-13-14/h1-3,5-7,10-11,13H,4,8-9H2,(H,31,33,36). The molecule has 2 amide bonds. The first-order valence-electron chi connectivity index (χ1n) is 11.3. The van der Waals surface area contributed by atoms with Crippen LogP contribution in [0.5, 0.6) is 0 Å². The van der Waals surface area contributed by atoms with Crippen LogP contribution in [-0.4, -0.2) is 32.4 Å². The van der Waals surface area contributed by atoms with Crippen molar-refractivity contribution in [3.63, 3.8) is 0 Å². The number of hydrogen-bond acceptors (Lipinski definition) is 6. The number of carbonyl (C=O) groups excluding carboxylic acids is 2. The lowest BCUT2D eigenvalue weighted by molar-refractivity contribution is -0.138. The SMILES string of the molecule is N#Cc1ncc(N2C(=O)C3(CCC3)N(c3cccc(C(=O)Nc4ccccn4)c3F)C2=S)cc1C(F)(F)F. The number of rotatable bonds is 4. The second-order valence-corrected chi connectivity index (χ2v) is 9.02. The van der Waals surface area contributed by atoms with E-state index in [1.807, 2.05) is 0 Å². The van der Waals surface area contributed by atoms with E-state index < -0.39 is 40.6 Å². The monoisotopic (exact) mass is 540 g/mol. The van der Waals surface area contributed by atoms with Gasteiger partial charge in [-0.05, 0) is 61.8 Å². The van der Waals surface area contributed by atoms with Crippen molar-refractivity contribution in [1.29, 1.82) is 5.26 Å². The molecule has 1 aliphatic carbocycles. The van der Waals surface area contributed by atoms with Crippen LogP contribution in [0.15, 0.2) is 54.9 Å². The highest BCUT2D eigenvalue weighted by Crippen LogP contribution is 2.49. The van der Waals surface area contributed by atoms with Crippen molar-refractivity contribution in [2.24, 2.45) is 0 Å². The zero-order valence-electron chi connectivity index (χ0n) is 19.3. The summed E-state index contributed by atoms with van der Waals surface area (Å²) in [6.45, 7) is 0. The highest BCUT2D eigenvalue weighted by molar-refractivity contribution is 7.81. The molecule has 1 aliphatic heterocycles. The highest BCUT2D eigenvalue weighted by atomic mass is 32.1. The maximum absolute atomic E-state index is 15.8. The Kier molecular flexibility index (Phi) is 6.07. The number of hydrogen-bond donors (Lipinski definition) is 1. The van der Waals surface area contributed by atoms with Crippen molar-refractivity contribution in [3.8, 4) is 6.07 Å². The molecular weight excluding hydrogens is 524 g/mol. The predicted molar refractivity (Wildman–Crippen MR) is 132 cm³/mol. The van der Waals surface area contributed by atoms with Crippen LogP contribution in [0.4, 0.5) is 34.8 Å². The summed E-state index contributed by atoms with van der Waals surface area (Å²) in [7, 11) is 0. The molecule has 3 heterocycles. The molecule has 1 aromatic carbocycles. The first-order valence-corrected chi connectivity index (χ1v) is 11.7. The number of nitrogens with one attached hydrogen (secondary N) is 1. The fraction of sp³-hybridized carbons (Fsp3) is 0.200. The maximum atomic E-state index is 15.8. The van der Waals surface area contributed by atoms with E-state index in [1.165, 1.54) is 41.4 Å². The number of halogens is 4. The lowest BCUT2D eigenvalue weighted by atomic mass is 9.75. The first-order chi connectivity index (χ1) is 18.1. The number of nitrogens with zero attached hydrogens (tertiary/aromatic N) is 5. The van der Waals surface area contributed by atoms with Crippen molar-refractivity contribution in [3.05, 3.63) is 77.5 Å². The third kappa shape index (κ3) is 3.93. The van der Waals surface area contributed by atoms with Crippen LogP contribution in [-0.2, 0) is 11.0 Å². The molecule has 1 spiro atoms. The summed E-state index contributed by atoms with van der Waals surface area (Å²) in [4.78, 5) is 36.1. The molecule has 2 fully saturated rings. The topological polar surface area (TPSA) is 102 Å². The van der Waals surface area contributed by atoms with E-state index in [2.05, 4.69) is 15.3 Å². The van der Waals surface area contributed by atoms with Gasteiger partial charge in [-0.15, -0.1) is 0 Å². The Morgan fingerprint density at radius 3 is 2.53 bits per heavy atom. The van der Waals surface area contributed by atoms with Crippen molar-refractivity contribution >= 4 is 46.3 Å². The highest BCUT2D eigenvalue weighted by Gasteiger charge is 2.60. The first kappa shape index (κ1) is 25.2. The van der Waals surface area contributed by atoms with Gasteiger partial charge in [0.25, 0.3) is 11.8 Å². The van der Waals surface area contributed by atoms with Gasteiger partial charge in [-0.25, -0.2) is 14.4 Å². The van der Waals surface area contributed by atoms with Crippen LogP contribution in [0.3, 0.4) is 0 Å². The number of amides is 2. The van der Waals surface area contributed by atoms with Gasteiger partial charge in [0.2, 0.25) is 0 Å². The van der Waals surface area contributed by atoms with Crippen molar-refractivity contribution in [1.82, 2.24) is 9.97 Å². The molecule has 0 unspecified atom stereocenters. The largest absolute Gasteiger partial charge is 0.419 e. The fourth-order valence-electron chi connectivity index (χ4n) is 4.55. The van der Waals surface area contributed by atoms with Gasteiger partial charge in [0, 0.05) is 6.20 Å². The Morgan fingerprint density at radius 1 is 1.16 bits per heavy atom. The minimum Gasteiger partial charge on any atom is -0.306 e. The second-order valence-electron chi connectivity index (χ2n) is 8.65. The van der Waals surface area contributed by atoms with E-state index in [4.69, 9.17) is 17.5 Å². The smallest absolute Gasteiger partial charge is 0.306 e. The number of thiocarbonyl (C=S) groups is 1. The number of carbonyl (C=O) groups is 2. The van der Waals surface area contributed by atoms with Gasteiger partial charge in [-0.1, -0.05) is 12.1 Å². The third-order valence-corrected chi connectivity index (χ3v) is 6.87. The number of anilines is 3. The van der Waals surface area contributed by atoms with Crippen LogP contribution in [0.1, 0.15) is 40.9 Å². The van der Waals surface area contributed by atoms with Gasteiger partial charge in [-0.3, -0.25) is 14.5 Å². The summed E-state index contributed by atoms with van der Waals surface area (Å²) >= 11 is 5.50. The minimum absolute atomic E-state index is 0.170. The van der Waals surface area contributed by atoms with Gasteiger partial charge in [0.15, 0.2) is 16.6 Å². The van der Waals surface area contributed by atoms with Crippen LogP contribution in [0.2, 0.25) is 0 Å². The molecule has 3 aromatic rings. The minimum atomic E-state index is -4.91. The molecule has 13 heteroatoms. The number of benzene rings is 1. The van der Waals surface area contributed by atoms with Gasteiger partial charge in [-0.2, -0.15) is 18.4 Å². The summed E-state index contributed by atoms with van der Waals surface area (Å²) in [6, 6.07) is 10.8. The molecule has 0 bridgehead atoms. The summed E-state index contributed by atoms with van der Waals surface area (Å²) in [5, 5.41) is 11.3. The third-order valence-electron chi connectivity index (χ3n) is 6.51. The van der Waals surface area contributed by atoms with Crippen LogP contribution >= 0.6 is 12.2 Å². The number of nitriles is 1. The molecule has 1 saturated carbocycles. The van der Waals surface area contributed by atoms with Crippen molar-refractivity contribution in [2.45, 2.75) is 31.0 Å². The van der Waals surface area contributed by atoms with E-state index in [9.17, 15) is 22.8 Å². The summed E-state index contributed by atoms with van der Waals surface area (Å²) in [6.07, 6.45) is -1.38. The Labute approximate surface area is 218 Å². The van der Waals surface area contributed by atoms with E-state index in [-0.39, 0.29) is 40.7 Å². The van der Waals surface area contributed by atoms with Crippen molar-refractivity contribution < 1.29 is 27.2 Å². The molecule has 0 radical (unpaired) electrons. The molecule has 5 rings (SSSR count). The number of aromatic nitrogens is 2. The Morgan fingerprint density at radius 2 is 1.92 bits per heavy atom. The average Bonchev–Trinajstić information content (AvgIpc) is 3.10. The van der Waals surface area contributed by atoms with Crippen LogP contribution < -0.4 is 15.1 Å². The fourth-order valence-corrected chi connectivity index (χ4v) is 5.01. The molecule has 8 nitrogen and oxygen atoms in total. The zero-order chi connectivity index (χ0) is 27.2. The molecule has 2 aliphatic rings. The van der Waals surface area contributed by atoms with Gasteiger partial charge >= 0.3 is 6.18 Å². The lowest BCUT2D eigenvalue weighted by Gasteiger charge is -2.43. The molecule has 1 saturated heterocycles. The van der Waals surface area contributed by atoms with E-state index >= 15 is 4.39 Å². The molecule has 0 atom stereocenters. The average molecular weight is 541 g/mol. The Bertz CT molecular complexity index is 1520. The van der Waals surface area contributed by atoms with Gasteiger partial charge in [0.05, 0.1) is 28.7 Å². The van der Waals surface area contributed by atoms with E-state index in [0.717, 1.165) is 11.1 Å². The molecular formula is C25H16F4N6O2S. The second kappa shape index (κ2) is 9.14. The molecule has 1 N–H and O–H groups in total. The Balaban J connectivity index is 1.56. The molecule has 192 valence electrons. The van der Waals surface area contributed by atoms with Crippen LogP contribution in [0, 0.1) is 17.1 Å². The molecule has 38 heavy (non-hydrogen) atoms. The predicted octanol–water partition coefficient (Wildman–Crippen LogP) is 4.82. The maximum Gasteiger partial charge on any atom is 0.419 e. The van der Waals surface area contributed by atoms with Gasteiger partial charge < -0.3 is 10.2 Å². The van der Waals surface area contributed by atoms with Gasteiger partial charge in [0.1, 0.15) is 17.4 Å². The summed E-state index contributed by atoms with van der Waals surface area (Å²) in [5.74, 6) is -2.19. The Hall–Kier alpha value is -4.44. The normalized spacial score (nSPS) is 16.4. The van der Waals surface area contributed by atoms with Crippen molar-refractivity contribution in [2.75, 3.05) is 15.1 Å². The summed E-state index contributed by atoms with van der Waals surface area (Å²) < 4.78 is 56.5.